The molecular weight excluding hydrogens is 327 g/mol. The Kier molecular flexibility index (Phi) is 4.49. The number of carboxylic acid groups (broad SMARTS) is 1. The second-order valence-corrected chi connectivity index (χ2v) is 8.01. The van der Waals surface area contributed by atoms with Crippen molar-refractivity contribution in [3.05, 3.63) is 23.3 Å². The van der Waals surface area contributed by atoms with Crippen LogP contribution >= 0.6 is 11.8 Å². The van der Waals surface area contributed by atoms with Crippen LogP contribution < -0.4 is 4.65 Å². The quantitative estimate of drug-likeness (QED) is 0.629. The summed E-state index contributed by atoms with van der Waals surface area (Å²) >= 11 is 1.57. The molecule has 1 aromatic carbocycles. The molecule has 2 fully saturated rings. The highest BCUT2D eigenvalue weighted by Crippen LogP contribution is 2.60. The Morgan fingerprint density at radius 1 is 1.33 bits per heavy atom. The van der Waals surface area contributed by atoms with E-state index in [1.165, 1.54) is 0 Å². The highest BCUT2D eigenvalue weighted by atomic mass is 32.2. The monoisotopic (exact) mass is 348 g/mol. The molecule has 7 heteroatoms. The lowest BCUT2D eigenvalue weighted by Crippen LogP contribution is -2.27. The van der Waals surface area contributed by atoms with Gasteiger partial charge in [0.1, 0.15) is 11.3 Å². The first-order chi connectivity index (χ1) is 11.6. The summed E-state index contributed by atoms with van der Waals surface area (Å²) in [6.45, 7) is 1.67. The van der Waals surface area contributed by atoms with Crippen LogP contribution in [-0.4, -0.2) is 42.2 Å². The molecule has 2 heterocycles. The van der Waals surface area contributed by atoms with Crippen molar-refractivity contribution in [3.8, 4) is 5.75 Å². The topological polar surface area (TPSA) is 76.0 Å². The molecule has 0 spiro atoms. The highest BCUT2D eigenvalue weighted by Gasteiger charge is 2.54. The molecule has 24 heavy (non-hydrogen) atoms. The molecule has 128 valence electrons. The van der Waals surface area contributed by atoms with E-state index in [0.29, 0.717) is 11.7 Å². The summed E-state index contributed by atoms with van der Waals surface area (Å²) in [4.78, 5) is 12.5. The average Bonchev–Trinajstić information content (AvgIpc) is 3.37. The van der Waals surface area contributed by atoms with Gasteiger partial charge in [-0.05, 0) is 54.9 Å². The second kappa shape index (κ2) is 6.62. The molecule has 0 amide bonds. The van der Waals surface area contributed by atoms with E-state index in [0.717, 1.165) is 55.1 Å². The molecule has 2 atom stereocenters. The lowest BCUT2D eigenvalue weighted by atomic mass is 9.77. The molecular formula is C17H21BO5S. The minimum atomic E-state index is -0.980. The number of hydrogen-bond donors (Lipinski definition) is 2. The van der Waals surface area contributed by atoms with E-state index >= 15 is 0 Å². The van der Waals surface area contributed by atoms with Crippen molar-refractivity contribution in [3.63, 3.8) is 0 Å². The Labute approximate surface area is 145 Å². The molecule has 2 N–H and O–H groups in total. The number of carbonyl (C=O) groups is 1. The first-order valence-corrected chi connectivity index (χ1v) is 9.59. The van der Waals surface area contributed by atoms with E-state index in [4.69, 9.17) is 9.39 Å². The molecule has 0 bridgehead atoms. The van der Waals surface area contributed by atoms with Crippen molar-refractivity contribution >= 4 is 24.8 Å². The summed E-state index contributed by atoms with van der Waals surface area (Å²) in [6.07, 6.45) is 4.13. The summed E-state index contributed by atoms with van der Waals surface area (Å²) in [7, 11) is -0.872. The van der Waals surface area contributed by atoms with Gasteiger partial charge in [0.2, 0.25) is 0 Å². The number of benzene rings is 1. The summed E-state index contributed by atoms with van der Waals surface area (Å²) in [6, 6.07) is 3.89. The second-order valence-electron chi connectivity index (χ2n) is 6.87. The summed E-state index contributed by atoms with van der Waals surface area (Å²) in [5.74, 6) is 1.34. The van der Waals surface area contributed by atoms with Crippen molar-refractivity contribution in [1.82, 2.24) is 0 Å². The molecule has 1 saturated heterocycles. The van der Waals surface area contributed by atoms with Crippen LogP contribution in [0.4, 0.5) is 0 Å². The number of carboxylic acids is 1. The Morgan fingerprint density at radius 2 is 2.12 bits per heavy atom. The highest BCUT2D eigenvalue weighted by molar-refractivity contribution is 7.99. The predicted molar refractivity (Wildman–Crippen MR) is 92.0 cm³/mol. The Morgan fingerprint density at radius 3 is 2.88 bits per heavy atom. The Balaban J connectivity index is 1.50. The number of thioether (sulfide) groups is 1. The fourth-order valence-electron chi connectivity index (χ4n) is 3.79. The number of aromatic carboxylic acids is 1. The van der Waals surface area contributed by atoms with Crippen LogP contribution in [0, 0.1) is 5.92 Å². The minimum absolute atomic E-state index is 0.131. The van der Waals surface area contributed by atoms with Crippen LogP contribution in [0.25, 0.3) is 0 Å². The smallest absolute Gasteiger partial charge is 0.526 e. The van der Waals surface area contributed by atoms with E-state index in [1.54, 1.807) is 11.8 Å². The van der Waals surface area contributed by atoms with Gasteiger partial charge in [-0.15, -0.1) is 11.8 Å². The first-order valence-electron chi connectivity index (χ1n) is 8.60. The van der Waals surface area contributed by atoms with Crippen molar-refractivity contribution in [2.45, 2.75) is 42.3 Å². The van der Waals surface area contributed by atoms with Gasteiger partial charge >= 0.3 is 13.1 Å². The lowest BCUT2D eigenvalue weighted by molar-refractivity contribution is 0.0657. The van der Waals surface area contributed by atoms with Gasteiger partial charge in [0.05, 0.1) is 0 Å². The van der Waals surface area contributed by atoms with E-state index in [-0.39, 0.29) is 17.3 Å². The van der Waals surface area contributed by atoms with Crippen LogP contribution in [0.2, 0.25) is 5.82 Å². The van der Waals surface area contributed by atoms with Crippen LogP contribution in [0.15, 0.2) is 17.0 Å². The average molecular weight is 348 g/mol. The van der Waals surface area contributed by atoms with E-state index in [9.17, 15) is 14.9 Å². The third-order valence-corrected chi connectivity index (χ3v) is 6.42. The molecule has 1 aliphatic carbocycles. The van der Waals surface area contributed by atoms with E-state index < -0.39 is 13.1 Å². The van der Waals surface area contributed by atoms with Crippen LogP contribution in [0.5, 0.6) is 5.75 Å². The van der Waals surface area contributed by atoms with Crippen LogP contribution in [-0.2, 0) is 4.74 Å². The number of rotatable bonds is 5. The van der Waals surface area contributed by atoms with Gasteiger partial charge in [0.15, 0.2) is 0 Å². The van der Waals surface area contributed by atoms with Gasteiger partial charge in [0, 0.05) is 23.9 Å². The normalized spacial score (nSPS) is 25.6. The third-order valence-electron chi connectivity index (χ3n) is 5.33. The molecule has 4 rings (SSSR count). The SMILES string of the molecule is O=C(O)c1c(SCCC2CCOCC2)ccc2c1OB(O)[C@@H]1C[C@H]21. The summed E-state index contributed by atoms with van der Waals surface area (Å²) < 4.78 is 10.9. The molecule has 3 aliphatic rings. The third kappa shape index (κ3) is 3.05. The van der Waals surface area contributed by atoms with Crippen LogP contribution in [0.1, 0.15) is 47.5 Å². The Bertz CT molecular complexity index is 646. The lowest BCUT2D eigenvalue weighted by Gasteiger charge is -2.23. The molecule has 0 aromatic heterocycles. The molecule has 0 radical (unpaired) electrons. The summed E-state index contributed by atoms with van der Waals surface area (Å²) in [5.41, 5.74) is 1.16. The maximum atomic E-state index is 11.8. The largest absolute Gasteiger partial charge is 0.535 e. The van der Waals surface area contributed by atoms with Gasteiger partial charge in [-0.25, -0.2) is 4.79 Å². The first kappa shape index (κ1) is 16.3. The Hall–Kier alpha value is -1.18. The van der Waals surface area contributed by atoms with Crippen LogP contribution in [0.3, 0.4) is 0 Å². The van der Waals surface area contributed by atoms with Crippen molar-refractivity contribution < 1.29 is 24.3 Å². The molecule has 1 saturated carbocycles. The fourth-order valence-corrected chi connectivity index (χ4v) is 4.95. The van der Waals surface area contributed by atoms with E-state index in [2.05, 4.69) is 0 Å². The fraction of sp³-hybridized carbons (Fsp3) is 0.588. The predicted octanol–water partition coefficient (Wildman–Crippen LogP) is 3.02. The van der Waals surface area contributed by atoms with E-state index in [1.807, 2.05) is 12.1 Å². The van der Waals surface area contributed by atoms with Gasteiger partial charge in [-0.2, -0.15) is 0 Å². The molecule has 1 aromatic rings. The number of hydrogen-bond acceptors (Lipinski definition) is 5. The van der Waals surface area contributed by atoms with Crippen molar-refractivity contribution in [1.29, 1.82) is 0 Å². The molecule has 2 aliphatic heterocycles. The molecule has 5 nitrogen and oxygen atoms in total. The van der Waals surface area contributed by atoms with Gasteiger partial charge in [-0.3, -0.25) is 0 Å². The number of fused-ring (bicyclic) bond motifs is 3. The summed E-state index contributed by atoms with van der Waals surface area (Å²) in [5, 5.41) is 19.6. The molecule has 0 unspecified atom stereocenters. The van der Waals surface area contributed by atoms with Gasteiger partial charge in [-0.1, -0.05) is 6.07 Å². The maximum absolute atomic E-state index is 11.8. The minimum Gasteiger partial charge on any atom is -0.535 e. The van der Waals surface area contributed by atoms with Gasteiger partial charge in [0.25, 0.3) is 0 Å². The standard InChI is InChI=1S/C17H21BO5S/c19-17(20)15-14(24-8-5-10-3-6-22-7-4-10)2-1-11-12-9-13(12)18(21)23-16(11)15/h1-2,10,12-13,21H,3-9H2,(H,19,20)/t12-,13-/m1/s1. The zero-order valence-corrected chi connectivity index (χ0v) is 14.3. The zero-order valence-electron chi connectivity index (χ0n) is 13.4. The zero-order chi connectivity index (χ0) is 16.7. The van der Waals surface area contributed by atoms with Crippen molar-refractivity contribution in [2.24, 2.45) is 5.92 Å². The number of ether oxygens (including phenoxy) is 1. The maximum Gasteiger partial charge on any atom is 0.526 e. The van der Waals surface area contributed by atoms with Crippen molar-refractivity contribution in [2.75, 3.05) is 19.0 Å². The van der Waals surface area contributed by atoms with Gasteiger partial charge < -0.3 is 19.5 Å².